The third kappa shape index (κ3) is 4.44. The minimum atomic E-state index is -0.123. The molecule has 0 bridgehead atoms. The lowest BCUT2D eigenvalue weighted by Crippen LogP contribution is -2.17. The van der Waals surface area contributed by atoms with Gasteiger partial charge in [-0.2, -0.15) is 4.68 Å². The van der Waals surface area contributed by atoms with Gasteiger partial charge in [0, 0.05) is 18.3 Å². The van der Waals surface area contributed by atoms with Crippen molar-refractivity contribution in [1.29, 1.82) is 0 Å². The Hall–Kier alpha value is -2.99. The van der Waals surface area contributed by atoms with E-state index in [0.717, 1.165) is 34.4 Å². The molecule has 0 aliphatic rings. The molecule has 1 N–H and O–H groups in total. The molecule has 154 valence electrons. The van der Waals surface area contributed by atoms with Gasteiger partial charge in [0.15, 0.2) is 0 Å². The van der Waals surface area contributed by atoms with Gasteiger partial charge in [0.2, 0.25) is 5.13 Å². The number of nitrogens with one attached hydrogen (secondary N) is 1. The molecule has 0 atom stereocenters. The fraction of sp³-hybridized carbons (Fsp3) is 0.292. The number of aromatic amines is 1. The molecule has 0 spiro atoms. The van der Waals surface area contributed by atoms with E-state index in [1.807, 2.05) is 54.6 Å². The predicted octanol–water partition coefficient (Wildman–Crippen LogP) is 5.83. The molecule has 2 aromatic carbocycles. The van der Waals surface area contributed by atoms with Crippen molar-refractivity contribution in [2.45, 2.75) is 39.0 Å². The van der Waals surface area contributed by atoms with Crippen LogP contribution in [0.15, 0.2) is 64.4 Å². The Morgan fingerprint density at radius 2 is 1.80 bits per heavy atom. The lowest BCUT2D eigenvalue weighted by atomic mass is 10.1. The molecule has 0 saturated heterocycles. The Morgan fingerprint density at radius 1 is 1.03 bits per heavy atom. The third-order valence-electron chi connectivity index (χ3n) is 5.07. The quantitative estimate of drug-likeness (QED) is 0.274. The average Bonchev–Trinajstić information content (AvgIpc) is 3.35. The van der Waals surface area contributed by atoms with Gasteiger partial charge in [0.25, 0.3) is 5.56 Å². The largest absolute Gasteiger partial charge is 0.292 e. The Bertz CT molecular complexity index is 1150. The first-order valence-corrected chi connectivity index (χ1v) is 11.4. The zero-order valence-corrected chi connectivity index (χ0v) is 18.0. The summed E-state index contributed by atoms with van der Waals surface area (Å²) in [7, 11) is 0. The summed E-state index contributed by atoms with van der Waals surface area (Å²) in [6.07, 6.45) is 7.71. The van der Waals surface area contributed by atoms with Gasteiger partial charge in [0.1, 0.15) is 0 Å². The molecule has 5 nitrogen and oxygen atoms in total. The maximum absolute atomic E-state index is 13.3. The zero-order valence-electron chi connectivity index (χ0n) is 17.2. The minimum absolute atomic E-state index is 0.123. The molecule has 0 aliphatic heterocycles. The summed E-state index contributed by atoms with van der Waals surface area (Å²) in [6.45, 7) is 2.95. The molecule has 0 saturated carbocycles. The normalized spacial score (nSPS) is 11.6. The van der Waals surface area contributed by atoms with Crippen molar-refractivity contribution >= 4 is 27.8 Å². The van der Waals surface area contributed by atoms with E-state index >= 15 is 0 Å². The highest BCUT2D eigenvalue weighted by Gasteiger charge is 2.17. The highest BCUT2D eigenvalue weighted by molar-refractivity contribution is 7.20. The molecule has 6 heteroatoms. The number of benzene rings is 2. The van der Waals surface area contributed by atoms with E-state index in [4.69, 9.17) is 0 Å². The van der Waals surface area contributed by atoms with Crippen molar-refractivity contribution in [3.8, 4) is 16.4 Å². The molecule has 4 rings (SSSR count). The lowest BCUT2D eigenvalue weighted by molar-refractivity contribution is 0.639. The van der Waals surface area contributed by atoms with Crippen molar-refractivity contribution in [2.24, 2.45) is 4.99 Å². The Balaban J connectivity index is 1.66. The summed E-state index contributed by atoms with van der Waals surface area (Å²) < 4.78 is 2.59. The van der Waals surface area contributed by atoms with E-state index in [1.165, 1.54) is 41.7 Å². The highest BCUT2D eigenvalue weighted by Crippen LogP contribution is 2.25. The van der Waals surface area contributed by atoms with E-state index in [1.54, 1.807) is 6.21 Å². The van der Waals surface area contributed by atoms with Crippen LogP contribution in [0.25, 0.3) is 26.6 Å². The molecular formula is C24H26N4OS. The number of aromatic nitrogens is 3. The fourth-order valence-corrected chi connectivity index (χ4v) is 4.37. The summed E-state index contributed by atoms with van der Waals surface area (Å²) in [5.74, 6) is 0. The lowest BCUT2D eigenvalue weighted by Gasteiger charge is -1.99. The van der Waals surface area contributed by atoms with Gasteiger partial charge >= 0.3 is 0 Å². The van der Waals surface area contributed by atoms with E-state index in [2.05, 4.69) is 22.0 Å². The highest BCUT2D eigenvalue weighted by atomic mass is 32.1. The number of para-hydroxylation sites is 1. The molecule has 30 heavy (non-hydrogen) atoms. The summed E-state index contributed by atoms with van der Waals surface area (Å²) in [5.41, 5.74) is 3.08. The number of rotatable bonds is 9. The molecule has 0 fully saturated rings. The summed E-state index contributed by atoms with van der Waals surface area (Å²) >= 11 is 1.50. The van der Waals surface area contributed by atoms with E-state index in [9.17, 15) is 4.79 Å². The second-order valence-electron chi connectivity index (χ2n) is 7.32. The minimum Gasteiger partial charge on any atom is -0.292 e. The number of thiazole rings is 1. The van der Waals surface area contributed by atoms with E-state index in [0.29, 0.717) is 10.7 Å². The summed E-state index contributed by atoms with van der Waals surface area (Å²) in [5, 5.41) is 3.91. The van der Waals surface area contributed by atoms with Crippen LogP contribution in [0.1, 0.15) is 44.6 Å². The SMILES string of the molecule is CCCCCCCN=Cc1c(-c2ccccc2)[nH]n(-c2nc3ccccc3s2)c1=O. The number of aliphatic imine (C=N–C) groups is 1. The summed E-state index contributed by atoms with van der Waals surface area (Å²) in [4.78, 5) is 22.4. The number of H-pyrrole nitrogens is 1. The molecular weight excluding hydrogens is 392 g/mol. The van der Waals surface area contributed by atoms with Crippen molar-refractivity contribution < 1.29 is 0 Å². The van der Waals surface area contributed by atoms with Gasteiger partial charge in [-0.25, -0.2) is 4.98 Å². The standard InChI is InChI=1S/C24H26N4OS/c1-2-3-4-5-11-16-25-17-19-22(18-12-7-6-8-13-18)27-28(23(19)29)24-26-20-14-9-10-15-21(20)30-24/h6-10,12-15,17,27H,2-5,11,16H2,1H3. The van der Waals surface area contributed by atoms with Crippen molar-refractivity contribution in [3.05, 3.63) is 70.5 Å². The molecule has 0 unspecified atom stereocenters. The number of hydrogen-bond donors (Lipinski definition) is 1. The Labute approximate surface area is 180 Å². The van der Waals surface area contributed by atoms with Crippen molar-refractivity contribution in [1.82, 2.24) is 14.8 Å². The smallest absolute Gasteiger partial charge is 0.282 e. The van der Waals surface area contributed by atoms with Crippen LogP contribution in [0, 0.1) is 0 Å². The molecule has 0 amide bonds. The number of unbranched alkanes of at least 4 members (excludes halogenated alkanes) is 4. The van der Waals surface area contributed by atoms with Crippen LogP contribution >= 0.6 is 11.3 Å². The maximum Gasteiger partial charge on any atom is 0.282 e. The van der Waals surface area contributed by atoms with Crippen LogP contribution < -0.4 is 5.56 Å². The number of fused-ring (bicyclic) bond motifs is 1. The van der Waals surface area contributed by atoms with Gasteiger partial charge in [-0.15, -0.1) is 0 Å². The molecule has 4 aromatic rings. The van der Waals surface area contributed by atoms with E-state index < -0.39 is 0 Å². The maximum atomic E-state index is 13.3. The Kier molecular flexibility index (Phi) is 6.54. The van der Waals surface area contributed by atoms with Crippen LogP contribution in [0.5, 0.6) is 0 Å². The van der Waals surface area contributed by atoms with Gasteiger partial charge in [0.05, 0.1) is 21.5 Å². The topological polar surface area (TPSA) is 63.0 Å². The predicted molar refractivity (Wildman–Crippen MR) is 126 cm³/mol. The van der Waals surface area contributed by atoms with Crippen LogP contribution in [0.3, 0.4) is 0 Å². The number of nitrogens with zero attached hydrogens (tertiary/aromatic N) is 3. The van der Waals surface area contributed by atoms with Gasteiger partial charge in [-0.1, -0.05) is 86.4 Å². The molecule has 2 aromatic heterocycles. The van der Waals surface area contributed by atoms with Crippen molar-refractivity contribution in [3.63, 3.8) is 0 Å². The molecule has 2 heterocycles. The summed E-state index contributed by atoms with van der Waals surface area (Å²) in [6, 6.07) is 17.8. The second-order valence-corrected chi connectivity index (χ2v) is 8.33. The van der Waals surface area contributed by atoms with Gasteiger partial charge in [-0.3, -0.25) is 14.9 Å². The van der Waals surface area contributed by atoms with Crippen LogP contribution in [-0.4, -0.2) is 27.5 Å². The van der Waals surface area contributed by atoms with Crippen LogP contribution in [0.2, 0.25) is 0 Å². The van der Waals surface area contributed by atoms with Crippen LogP contribution in [-0.2, 0) is 0 Å². The first-order chi connectivity index (χ1) is 14.8. The monoisotopic (exact) mass is 418 g/mol. The third-order valence-corrected chi connectivity index (χ3v) is 6.10. The Morgan fingerprint density at radius 3 is 2.60 bits per heavy atom. The molecule has 0 aliphatic carbocycles. The first kappa shape index (κ1) is 20.3. The van der Waals surface area contributed by atoms with Gasteiger partial charge < -0.3 is 0 Å². The second kappa shape index (κ2) is 9.67. The average molecular weight is 419 g/mol. The first-order valence-electron chi connectivity index (χ1n) is 10.5. The fourth-order valence-electron chi connectivity index (χ4n) is 3.45. The van der Waals surface area contributed by atoms with E-state index in [-0.39, 0.29) is 5.56 Å². The van der Waals surface area contributed by atoms with Gasteiger partial charge in [-0.05, 0) is 18.6 Å². The molecule has 0 radical (unpaired) electrons. The van der Waals surface area contributed by atoms with Crippen molar-refractivity contribution in [2.75, 3.05) is 6.54 Å². The number of hydrogen-bond acceptors (Lipinski definition) is 4. The zero-order chi connectivity index (χ0) is 20.8. The van der Waals surface area contributed by atoms with Crippen LogP contribution in [0.4, 0.5) is 0 Å².